The number of ether oxygens (including phenoxy) is 1. The molecule has 2 fully saturated rings. The molecule has 0 bridgehead atoms. The fourth-order valence-electron chi connectivity index (χ4n) is 7.25. The number of rotatable bonds is 14. The van der Waals surface area contributed by atoms with Crippen LogP contribution in [0.5, 0.6) is 0 Å². The first kappa shape index (κ1) is 41.7. The second-order valence-electron chi connectivity index (χ2n) is 15.8. The minimum Gasteiger partial charge on any atom is -0.465 e. The van der Waals surface area contributed by atoms with Crippen molar-refractivity contribution in [3.05, 3.63) is 47.5 Å². The number of esters is 1. The highest BCUT2D eigenvalue weighted by Gasteiger charge is 2.41. The first-order chi connectivity index (χ1) is 24.0. The summed E-state index contributed by atoms with van der Waals surface area (Å²) in [7, 11) is 1.73. The molecular weight excluding hydrogens is 646 g/mol. The van der Waals surface area contributed by atoms with E-state index >= 15 is 0 Å². The van der Waals surface area contributed by atoms with Gasteiger partial charge in [0.25, 0.3) is 0 Å². The van der Waals surface area contributed by atoms with Crippen LogP contribution in [0.15, 0.2) is 42.0 Å². The Kier molecular flexibility index (Phi) is 15.3. The van der Waals surface area contributed by atoms with Gasteiger partial charge in [-0.2, -0.15) is 0 Å². The van der Waals surface area contributed by atoms with Crippen molar-refractivity contribution in [3.63, 3.8) is 0 Å². The lowest BCUT2D eigenvalue weighted by molar-refractivity contribution is -0.151. The molecule has 0 spiro atoms. The predicted octanol–water partition coefficient (Wildman–Crippen LogP) is 4.79. The second-order valence-corrected chi connectivity index (χ2v) is 15.8. The van der Waals surface area contributed by atoms with Crippen LogP contribution in [-0.4, -0.2) is 113 Å². The minimum absolute atomic E-state index is 0.0465. The second kappa shape index (κ2) is 18.7. The van der Waals surface area contributed by atoms with Gasteiger partial charge >= 0.3 is 5.97 Å². The van der Waals surface area contributed by atoms with Gasteiger partial charge in [-0.3, -0.25) is 28.9 Å². The molecule has 51 heavy (non-hydrogen) atoms. The number of carbonyl (C=O) groups is 5. The number of likely N-dealkylation sites (tertiary alicyclic amines) is 2. The van der Waals surface area contributed by atoms with Crippen LogP contribution < -0.4 is 5.32 Å². The molecule has 0 aromatic heterocycles. The highest BCUT2D eigenvalue weighted by molar-refractivity contribution is 5.98. The monoisotopic (exact) mass is 709 g/mol. The lowest BCUT2D eigenvalue weighted by atomic mass is 9.84. The van der Waals surface area contributed by atoms with Crippen LogP contribution in [0.3, 0.4) is 0 Å². The van der Waals surface area contributed by atoms with E-state index in [1.54, 1.807) is 30.7 Å². The Balaban J connectivity index is 1.82. The SMILES string of the molecule is CCOC(=O)CN(Cc1ccccc1)C(=O)[C@@H]1CCCN1C(=O)/C(C)=C/[C@H](C(C)C)N(C)C(=O)C(NC(=O)C1CCCCN1C(C)C)C(C)(C)C. The molecule has 0 radical (unpaired) electrons. The highest BCUT2D eigenvalue weighted by Crippen LogP contribution is 2.27. The Morgan fingerprint density at radius 3 is 2.20 bits per heavy atom. The summed E-state index contributed by atoms with van der Waals surface area (Å²) < 4.78 is 5.17. The zero-order valence-corrected chi connectivity index (χ0v) is 32.7. The Hall–Kier alpha value is -3.73. The fraction of sp³-hybridized carbons (Fsp3) is 0.675. The summed E-state index contributed by atoms with van der Waals surface area (Å²) in [4.78, 5) is 75.5. The van der Waals surface area contributed by atoms with Gasteiger partial charge in [0, 0.05) is 31.8 Å². The summed E-state index contributed by atoms with van der Waals surface area (Å²) in [6.07, 6.45) is 5.74. The molecule has 3 rings (SSSR count). The number of benzene rings is 1. The molecule has 2 aliphatic heterocycles. The van der Waals surface area contributed by atoms with Crippen LogP contribution in [0.4, 0.5) is 0 Å². The molecule has 1 aromatic carbocycles. The third kappa shape index (κ3) is 11.1. The molecule has 284 valence electrons. The Morgan fingerprint density at radius 2 is 1.61 bits per heavy atom. The van der Waals surface area contributed by atoms with E-state index in [4.69, 9.17) is 4.74 Å². The number of likely N-dealkylation sites (N-methyl/N-ethyl adjacent to an activating group) is 1. The molecular formula is C40H63N5O6. The number of piperidine rings is 1. The average molecular weight is 710 g/mol. The van der Waals surface area contributed by atoms with Crippen LogP contribution in [-0.2, 0) is 35.3 Å². The zero-order valence-electron chi connectivity index (χ0n) is 32.7. The molecule has 1 aromatic rings. The van der Waals surface area contributed by atoms with Crippen molar-refractivity contribution in [1.82, 2.24) is 24.9 Å². The number of carbonyl (C=O) groups excluding carboxylic acids is 5. The first-order valence-corrected chi connectivity index (χ1v) is 18.8. The summed E-state index contributed by atoms with van der Waals surface area (Å²) in [6.45, 7) is 19.0. The van der Waals surface area contributed by atoms with Crippen molar-refractivity contribution in [1.29, 1.82) is 0 Å². The van der Waals surface area contributed by atoms with Crippen LogP contribution >= 0.6 is 0 Å². The molecule has 11 nitrogen and oxygen atoms in total. The summed E-state index contributed by atoms with van der Waals surface area (Å²) in [5.74, 6) is -1.46. The smallest absolute Gasteiger partial charge is 0.325 e. The van der Waals surface area contributed by atoms with Crippen molar-refractivity contribution in [2.45, 2.75) is 131 Å². The third-order valence-electron chi connectivity index (χ3n) is 10.1. The van der Waals surface area contributed by atoms with Crippen LogP contribution in [0, 0.1) is 11.3 Å². The Bertz CT molecular complexity index is 1390. The van der Waals surface area contributed by atoms with Crippen LogP contribution in [0.2, 0.25) is 0 Å². The van der Waals surface area contributed by atoms with Gasteiger partial charge in [0.15, 0.2) is 0 Å². The summed E-state index contributed by atoms with van der Waals surface area (Å²) in [5.41, 5.74) is 0.738. The molecule has 0 aliphatic carbocycles. The van der Waals surface area contributed by atoms with E-state index in [0.717, 1.165) is 31.4 Å². The van der Waals surface area contributed by atoms with Gasteiger partial charge < -0.3 is 24.8 Å². The van der Waals surface area contributed by atoms with E-state index in [0.29, 0.717) is 25.0 Å². The molecule has 4 atom stereocenters. The van der Waals surface area contributed by atoms with Crippen LogP contribution in [0.1, 0.15) is 100.0 Å². The van der Waals surface area contributed by atoms with Crippen molar-refractivity contribution in [3.8, 4) is 0 Å². The quantitative estimate of drug-likeness (QED) is 0.218. The van der Waals surface area contributed by atoms with Crippen LogP contribution in [0.25, 0.3) is 0 Å². The normalized spacial score (nSPS) is 19.8. The number of amides is 4. The van der Waals surface area contributed by atoms with Crippen molar-refractivity contribution >= 4 is 29.6 Å². The number of hydrogen-bond acceptors (Lipinski definition) is 7. The number of hydrogen-bond donors (Lipinski definition) is 1. The molecule has 2 heterocycles. The van der Waals surface area contributed by atoms with E-state index in [1.807, 2.05) is 71.0 Å². The van der Waals surface area contributed by atoms with E-state index in [9.17, 15) is 24.0 Å². The largest absolute Gasteiger partial charge is 0.465 e. The summed E-state index contributed by atoms with van der Waals surface area (Å²) in [5, 5.41) is 3.13. The zero-order chi connectivity index (χ0) is 38.0. The van der Waals surface area contributed by atoms with E-state index < -0.39 is 29.5 Å². The van der Waals surface area contributed by atoms with Gasteiger partial charge in [0.2, 0.25) is 23.6 Å². The van der Waals surface area contributed by atoms with Gasteiger partial charge in [0.1, 0.15) is 18.6 Å². The topological polar surface area (TPSA) is 120 Å². The van der Waals surface area contributed by atoms with Gasteiger partial charge in [-0.25, -0.2) is 0 Å². The third-order valence-corrected chi connectivity index (χ3v) is 10.1. The van der Waals surface area contributed by atoms with Crippen molar-refractivity contribution in [2.24, 2.45) is 11.3 Å². The maximum atomic E-state index is 14.3. The van der Waals surface area contributed by atoms with Gasteiger partial charge in [-0.15, -0.1) is 0 Å². The molecule has 4 amide bonds. The Morgan fingerprint density at radius 1 is 0.961 bits per heavy atom. The van der Waals surface area contributed by atoms with E-state index in [2.05, 4.69) is 24.1 Å². The van der Waals surface area contributed by atoms with Gasteiger partial charge in [-0.1, -0.05) is 77.4 Å². The molecule has 11 heteroatoms. The van der Waals surface area contributed by atoms with E-state index in [-0.39, 0.29) is 61.3 Å². The lowest BCUT2D eigenvalue weighted by Gasteiger charge is -2.41. The van der Waals surface area contributed by atoms with Crippen molar-refractivity contribution in [2.75, 3.05) is 33.3 Å². The number of nitrogens with zero attached hydrogens (tertiary/aromatic N) is 4. The molecule has 2 unspecified atom stereocenters. The standard InChI is InChI=1S/C40H63N5O6/c1-11-51-34(46)26-43(25-30-18-13-12-14-19-30)38(49)32-21-17-23-45(32)37(48)29(6)24-33(27(2)3)42(10)39(50)35(40(7,8)9)41-36(47)31-20-15-16-22-44(31)28(4)5/h12-14,18-19,24,27-28,31-33,35H,11,15-17,20-23,25-26H2,1-10H3,(H,41,47)/b29-24+/t31?,32-,33+,35?/m0/s1. The van der Waals surface area contributed by atoms with Gasteiger partial charge in [-0.05, 0) is 76.8 Å². The Labute approximate surface area is 306 Å². The maximum absolute atomic E-state index is 14.3. The fourth-order valence-corrected chi connectivity index (χ4v) is 7.25. The lowest BCUT2D eigenvalue weighted by Crippen LogP contribution is -2.60. The summed E-state index contributed by atoms with van der Waals surface area (Å²) in [6, 6.07) is 7.44. The van der Waals surface area contributed by atoms with E-state index in [1.165, 1.54) is 4.90 Å². The first-order valence-electron chi connectivity index (χ1n) is 18.8. The summed E-state index contributed by atoms with van der Waals surface area (Å²) >= 11 is 0. The highest BCUT2D eigenvalue weighted by atomic mass is 16.5. The van der Waals surface area contributed by atoms with Gasteiger partial charge in [0.05, 0.1) is 18.7 Å². The average Bonchev–Trinajstić information content (AvgIpc) is 3.57. The predicted molar refractivity (Wildman–Crippen MR) is 199 cm³/mol. The molecule has 2 aliphatic rings. The maximum Gasteiger partial charge on any atom is 0.325 e. The van der Waals surface area contributed by atoms with Crippen molar-refractivity contribution < 1.29 is 28.7 Å². The molecule has 2 saturated heterocycles. The molecule has 1 N–H and O–H groups in total. The number of nitrogens with one attached hydrogen (secondary N) is 1. The minimum atomic E-state index is -0.771. The molecule has 0 saturated carbocycles.